The van der Waals surface area contributed by atoms with E-state index in [0.29, 0.717) is 6.54 Å². The fraction of sp³-hybridized carbons (Fsp3) is 0.294. The summed E-state index contributed by atoms with van der Waals surface area (Å²) in [5.41, 5.74) is 12.4. The molecular weight excluding hydrogens is 232 g/mol. The van der Waals surface area contributed by atoms with Gasteiger partial charge in [0.25, 0.3) is 0 Å². The average molecular weight is 252 g/mol. The molecule has 3 N–H and O–H groups in total. The zero-order valence-electron chi connectivity index (χ0n) is 11.2. The van der Waals surface area contributed by atoms with Crippen LogP contribution in [0.4, 0.5) is 5.69 Å². The van der Waals surface area contributed by atoms with Crippen LogP contribution in [0.2, 0.25) is 0 Å². The summed E-state index contributed by atoms with van der Waals surface area (Å²) >= 11 is 0. The van der Waals surface area contributed by atoms with Gasteiger partial charge in [-0.2, -0.15) is 0 Å². The maximum atomic E-state index is 5.69. The summed E-state index contributed by atoms with van der Waals surface area (Å²) in [6.45, 7) is 1.72. The second-order valence-electron chi connectivity index (χ2n) is 5.22. The molecule has 0 fully saturated rings. The lowest BCUT2D eigenvalue weighted by atomic mass is 9.97. The van der Waals surface area contributed by atoms with Gasteiger partial charge in [-0.1, -0.05) is 36.4 Å². The van der Waals surface area contributed by atoms with Gasteiger partial charge in [-0.25, -0.2) is 0 Å². The monoisotopic (exact) mass is 252 g/mol. The van der Waals surface area contributed by atoms with E-state index >= 15 is 0 Å². The molecule has 98 valence electrons. The second kappa shape index (κ2) is 5.45. The summed E-state index contributed by atoms with van der Waals surface area (Å²) < 4.78 is 0. The van der Waals surface area contributed by atoms with Gasteiger partial charge >= 0.3 is 0 Å². The van der Waals surface area contributed by atoms with Crippen LogP contribution in [0, 0.1) is 0 Å². The van der Waals surface area contributed by atoms with E-state index in [1.54, 1.807) is 0 Å². The third-order valence-electron chi connectivity index (χ3n) is 3.74. The van der Waals surface area contributed by atoms with Gasteiger partial charge in [-0.3, -0.25) is 0 Å². The molecule has 2 nitrogen and oxygen atoms in total. The van der Waals surface area contributed by atoms with Crippen molar-refractivity contribution in [3.8, 4) is 0 Å². The molecular formula is C17H20N2. The number of fused-ring (bicyclic) bond motifs is 1. The van der Waals surface area contributed by atoms with E-state index in [-0.39, 0.29) is 0 Å². The van der Waals surface area contributed by atoms with Crippen LogP contribution in [0.25, 0.3) is 0 Å². The van der Waals surface area contributed by atoms with E-state index in [2.05, 4.69) is 47.8 Å². The smallest absolute Gasteiger partial charge is 0.0372 e. The molecule has 0 aliphatic carbocycles. The average Bonchev–Trinajstić information content (AvgIpc) is 2.47. The molecule has 1 aliphatic heterocycles. The van der Waals surface area contributed by atoms with Gasteiger partial charge in [0.2, 0.25) is 0 Å². The molecule has 0 unspecified atom stereocenters. The van der Waals surface area contributed by atoms with Crippen molar-refractivity contribution in [2.24, 2.45) is 5.73 Å². The number of nitrogens with one attached hydrogen (secondary N) is 1. The third-order valence-corrected chi connectivity index (χ3v) is 3.74. The standard InChI is InChI=1S/C17H20N2/c18-12-15-4-1-3-13(10-15)9-14-6-7-17-16(11-14)5-2-8-19-17/h1,3-4,6-7,10-11,19H,2,5,8-9,12,18H2. The predicted octanol–water partition coefficient (Wildman–Crippen LogP) is 3.09. The molecule has 2 heteroatoms. The van der Waals surface area contributed by atoms with Crippen LogP contribution in [0.5, 0.6) is 0 Å². The Morgan fingerprint density at radius 2 is 1.84 bits per heavy atom. The Morgan fingerprint density at radius 3 is 2.74 bits per heavy atom. The minimum absolute atomic E-state index is 0.613. The van der Waals surface area contributed by atoms with Crippen molar-refractivity contribution in [1.82, 2.24) is 0 Å². The molecule has 0 bridgehead atoms. The lowest BCUT2D eigenvalue weighted by Crippen LogP contribution is -2.11. The maximum absolute atomic E-state index is 5.69. The summed E-state index contributed by atoms with van der Waals surface area (Å²) in [6, 6.07) is 15.4. The third kappa shape index (κ3) is 2.79. The quantitative estimate of drug-likeness (QED) is 0.881. The summed E-state index contributed by atoms with van der Waals surface area (Å²) in [5.74, 6) is 0. The number of benzene rings is 2. The minimum atomic E-state index is 0.613. The SMILES string of the molecule is NCc1cccc(Cc2ccc3c(c2)CCCN3)c1. The molecule has 0 aromatic heterocycles. The molecule has 1 aliphatic rings. The van der Waals surface area contributed by atoms with Crippen molar-refractivity contribution in [3.63, 3.8) is 0 Å². The molecule has 1 heterocycles. The van der Waals surface area contributed by atoms with Gasteiger partial charge in [-0.05, 0) is 47.6 Å². The normalized spacial score (nSPS) is 13.7. The van der Waals surface area contributed by atoms with Crippen molar-refractivity contribution >= 4 is 5.69 Å². The van der Waals surface area contributed by atoms with Gasteiger partial charge in [0.15, 0.2) is 0 Å². The lowest BCUT2D eigenvalue weighted by molar-refractivity contribution is 0.828. The van der Waals surface area contributed by atoms with Gasteiger partial charge < -0.3 is 11.1 Å². The number of rotatable bonds is 3. The molecule has 2 aromatic rings. The molecule has 0 saturated heterocycles. The van der Waals surface area contributed by atoms with Crippen molar-refractivity contribution in [1.29, 1.82) is 0 Å². The zero-order valence-corrected chi connectivity index (χ0v) is 11.2. The number of hydrogen-bond donors (Lipinski definition) is 2. The Labute approximate surface area is 114 Å². The highest BCUT2D eigenvalue weighted by atomic mass is 14.9. The first-order valence-corrected chi connectivity index (χ1v) is 6.99. The minimum Gasteiger partial charge on any atom is -0.385 e. The highest BCUT2D eigenvalue weighted by Crippen LogP contribution is 2.24. The van der Waals surface area contributed by atoms with Crippen LogP contribution in [0.15, 0.2) is 42.5 Å². The molecule has 0 radical (unpaired) electrons. The Balaban J connectivity index is 1.82. The van der Waals surface area contributed by atoms with E-state index in [9.17, 15) is 0 Å². The topological polar surface area (TPSA) is 38.0 Å². The van der Waals surface area contributed by atoms with Crippen LogP contribution < -0.4 is 11.1 Å². The molecule has 0 atom stereocenters. The summed E-state index contributed by atoms with van der Waals surface area (Å²) in [6.07, 6.45) is 3.42. The van der Waals surface area contributed by atoms with Gasteiger partial charge in [0.1, 0.15) is 0 Å². The fourth-order valence-electron chi connectivity index (χ4n) is 2.74. The van der Waals surface area contributed by atoms with E-state index in [1.807, 2.05) is 0 Å². The zero-order chi connectivity index (χ0) is 13.1. The highest BCUT2D eigenvalue weighted by Gasteiger charge is 2.08. The second-order valence-corrected chi connectivity index (χ2v) is 5.22. The van der Waals surface area contributed by atoms with Crippen molar-refractivity contribution in [3.05, 3.63) is 64.7 Å². The lowest BCUT2D eigenvalue weighted by Gasteiger charge is -2.18. The van der Waals surface area contributed by atoms with Crippen LogP contribution in [-0.4, -0.2) is 6.54 Å². The van der Waals surface area contributed by atoms with Crippen molar-refractivity contribution in [2.45, 2.75) is 25.8 Å². The van der Waals surface area contributed by atoms with E-state index in [0.717, 1.165) is 13.0 Å². The molecule has 3 rings (SSSR count). The van der Waals surface area contributed by atoms with Crippen LogP contribution in [0.3, 0.4) is 0 Å². The molecule has 0 spiro atoms. The molecule has 0 amide bonds. The summed E-state index contributed by atoms with van der Waals surface area (Å²) in [5, 5.41) is 3.46. The maximum Gasteiger partial charge on any atom is 0.0372 e. The van der Waals surface area contributed by atoms with Crippen molar-refractivity contribution < 1.29 is 0 Å². The number of aryl methyl sites for hydroxylation is 1. The van der Waals surface area contributed by atoms with Crippen LogP contribution in [0.1, 0.15) is 28.7 Å². The Bertz CT molecular complexity index is 575. The first kappa shape index (κ1) is 12.2. The van der Waals surface area contributed by atoms with E-state index in [4.69, 9.17) is 5.73 Å². The predicted molar refractivity (Wildman–Crippen MR) is 80.4 cm³/mol. The first-order valence-electron chi connectivity index (χ1n) is 6.99. The van der Waals surface area contributed by atoms with Gasteiger partial charge in [0.05, 0.1) is 0 Å². The molecule has 19 heavy (non-hydrogen) atoms. The summed E-state index contributed by atoms with van der Waals surface area (Å²) in [4.78, 5) is 0. The highest BCUT2D eigenvalue weighted by molar-refractivity contribution is 5.54. The Hall–Kier alpha value is -1.80. The fourth-order valence-corrected chi connectivity index (χ4v) is 2.74. The van der Waals surface area contributed by atoms with Crippen LogP contribution in [-0.2, 0) is 19.4 Å². The van der Waals surface area contributed by atoms with Crippen molar-refractivity contribution in [2.75, 3.05) is 11.9 Å². The van der Waals surface area contributed by atoms with E-state index < -0.39 is 0 Å². The van der Waals surface area contributed by atoms with E-state index in [1.165, 1.54) is 40.8 Å². The first-order chi connectivity index (χ1) is 9.35. The van der Waals surface area contributed by atoms with Gasteiger partial charge in [-0.15, -0.1) is 0 Å². The number of nitrogens with two attached hydrogens (primary N) is 1. The summed E-state index contributed by atoms with van der Waals surface area (Å²) in [7, 11) is 0. The largest absolute Gasteiger partial charge is 0.385 e. The molecule has 2 aromatic carbocycles. The molecule has 0 saturated carbocycles. The number of anilines is 1. The Morgan fingerprint density at radius 1 is 1.00 bits per heavy atom. The Kier molecular flexibility index (Phi) is 3.51. The van der Waals surface area contributed by atoms with Crippen LogP contribution >= 0.6 is 0 Å². The van der Waals surface area contributed by atoms with Gasteiger partial charge in [0, 0.05) is 18.8 Å². The number of hydrogen-bond acceptors (Lipinski definition) is 2.